The van der Waals surface area contributed by atoms with Gasteiger partial charge in [-0.1, -0.05) is 12.1 Å². The Balaban J connectivity index is 1.37. The highest BCUT2D eigenvalue weighted by Gasteiger charge is 2.35. The molecule has 0 unspecified atom stereocenters. The van der Waals surface area contributed by atoms with E-state index in [0.717, 1.165) is 53.0 Å². The van der Waals surface area contributed by atoms with E-state index in [2.05, 4.69) is 40.0 Å². The number of rotatable bonds is 9. The van der Waals surface area contributed by atoms with Gasteiger partial charge < -0.3 is 24.3 Å². The Labute approximate surface area is 241 Å². The van der Waals surface area contributed by atoms with Gasteiger partial charge in [0.1, 0.15) is 11.5 Å². The van der Waals surface area contributed by atoms with Crippen LogP contribution in [-0.2, 0) is 35.3 Å². The molecule has 0 aliphatic carbocycles. The summed E-state index contributed by atoms with van der Waals surface area (Å²) in [6.07, 6.45) is 3.64. The molecule has 4 heterocycles. The van der Waals surface area contributed by atoms with E-state index in [-0.39, 0.29) is 24.7 Å². The second-order valence-corrected chi connectivity index (χ2v) is 10.8. The number of ether oxygens (including phenoxy) is 2. The van der Waals surface area contributed by atoms with Gasteiger partial charge in [0.25, 0.3) is 5.91 Å². The van der Waals surface area contributed by atoms with Crippen molar-refractivity contribution in [2.75, 3.05) is 32.1 Å². The van der Waals surface area contributed by atoms with Crippen molar-refractivity contribution in [2.24, 2.45) is 0 Å². The fourth-order valence-electron chi connectivity index (χ4n) is 5.35. The summed E-state index contributed by atoms with van der Waals surface area (Å²) in [5, 5.41) is 3.39. The first-order valence-corrected chi connectivity index (χ1v) is 14.4. The molecule has 2 aromatic heterocycles. The summed E-state index contributed by atoms with van der Waals surface area (Å²) in [6.45, 7) is 3.89. The molecule has 1 N–H and O–H groups in total. The molecule has 5 rings (SSSR count). The molecule has 0 spiro atoms. The maximum Gasteiger partial charge on any atom is 0.308 e. The smallest absolute Gasteiger partial charge is 0.308 e. The number of halogens is 2. The number of carbonyl (C=O) groups excluding carboxylic acids is 2. The fourth-order valence-corrected chi connectivity index (χ4v) is 6.28. The van der Waals surface area contributed by atoms with Crippen molar-refractivity contribution >= 4 is 40.3 Å². The molecule has 1 atom stereocenters. The molecule has 1 aromatic carbocycles. The lowest BCUT2D eigenvalue weighted by atomic mass is 10.00. The first-order chi connectivity index (χ1) is 18.9. The Kier molecular flexibility index (Phi) is 8.39. The molecule has 2 aliphatic rings. The van der Waals surface area contributed by atoms with Crippen molar-refractivity contribution in [3.05, 3.63) is 74.0 Å². The maximum absolute atomic E-state index is 14.6. The van der Waals surface area contributed by atoms with Crippen molar-refractivity contribution in [2.45, 2.75) is 51.6 Å². The van der Waals surface area contributed by atoms with Crippen LogP contribution in [-0.4, -0.2) is 53.1 Å². The van der Waals surface area contributed by atoms with Crippen LogP contribution >= 0.6 is 22.6 Å². The van der Waals surface area contributed by atoms with Crippen LogP contribution in [0.1, 0.15) is 58.7 Å². The predicted octanol–water partition coefficient (Wildman–Crippen LogP) is 4.93. The molecule has 1 amide bonds. The van der Waals surface area contributed by atoms with E-state index in [1.54, 1.807) is 17.9 Å². The Bertz CT molecular complexity index is 1390. The quantitative estimate of drug-likeness (QED) is 0.262. The number of carbonyl (C=O) groups is 2. The first kappa shape index (κ1) is 27.4. The van der Waals surface area contributed by atoms with Crippen LogP contribution in [0.4, 0.5) is 10.2 Å². The van der Waals surface area contributed by atoms with Crippen LogP contribution in [0.5, 0.6) is 5.75 Å². The average Bonchev–Trinajstić information content (AvgIpc) is 3.27. The van der Waals surface area contributed by atoms with Gasteiger partial charge in [-0.2, -0.15) is 0 Å². The number of methoxy groups -OCH3 is 1. The van der Waals surface area contributed by atoms with Crippen LogP contribution in [0.15, 0.2) is 36.4 Å². The van der Waals surface area contributed by atoms with E-state index in [4.69, 9.17) is 14.5 Å². The zero-order valence-corrected chi connectivity index (χ0v) is 24.3. The van der Waals surface area contributed by atoms with Gasteiger partial charge in [-0.25, -0.2) is 9.37 Å². The van der Waals surface area contributed by atoms with Gasteiger partial charge in [-0.15, -0.1) is 0 Å². The highest BCUT2D eigenvalue weighted by atomic mass is 127. The molecule has 8 nitrogen and oxygen atoms in total. The summed E-state index contributed by atoms with van der Waals surface area (Å²) in [7, 11) is 1.40. The van der Waals surface area contributed by atoms with E-state index in [9.17, 15) is 14.0 Å². The number of hydrogen-bond acceptors (Lipinski definition) is 6. The van der Waals surface area contributed by atoms with Crippen molar-refractivity contribution in [1.82, 2.24) is 14.5 Å². The van der Waals surface area contributed by atoms with Crippen LogP contribution < -0.4 is 10.1 Å². The first-order valence-electron chi connectivity index (χ1n) is 13.3. The number of benzene rings is 1. The standard InChI is InChI=1S/C29H32FIN4O4/c1-3-39-26(36)17-23(19-8-11-25(38-2)22(30)15-19)35-14-13-34-24(29(35)37)16-20(27(34)31)7-10-21-9-6-18-5-4-12-32-28(18)33-21/h6,8-9,11,15-16,23H,3-5,7,10,12-14,17H2,1-2H3,(H,32,33)/t23-/m0/s1. The van der Waals surface area contributed by atoms with Gasteiger partial charge in [-0.3, -0.25) is 9.59 Å². The lowest BCUT2D eigenvalue weighted by Gasteiger charge is -2.35. The number of esters is 1. The van der Waals surface area contributed by atoms with Crippen molar-refractivity contribution in [3.63, 3.8) is 0 Å². The zero-order valence-electron chi connectivity index (χ0n) is 22.1. The number of anilines is 1. The third-order valence-electron chi connectivity index (χ3n) is 7.35. The highest BCUT2D eigenvalue weighted by molar-refractivity contribution is 14.1. The number of fused-ring (bicyclic) bond motifs is 2. The van der Waals surface area contributed by atoms with Gasteiger partial charge in [-0.05, 0) is 96.2 Å². The molecule has 10 heteroatoms. The van der Waals surface area contributed by atoms with Gasteiger partial charge in [0.15, 0.2) is 11.6 Å². The number of aryl methyl sites for hydroxylation is 3. The molecular weight excluding hydrogens is 614 g/mol. The number of pyridine rings is 1. The number of nitrogens with one attached hydrogen (secondary N) is 1. The van der Waals surface area contributed by atoms with E-state index in [1.807, 2.05) is 10.6 Å². The molecule has 3 aromatic rings. The lowest BCUT2D eigenvalue weighted by Crippen LogP contribution is -2.43. The Hall–Kier alpha value is -3.15. The molecule has 0 saturated carbocycles. The van der Waals surface area contributed by atoms with Crippen molar-refractivity contribution < 1.29 is 23.5 Å². The third kappa shape index (κ3) is 5.75. The zero-order chi connectivity index (χ0) is 27.5. The Morgan fingerprint density at radius 1 is 1.21 bits per heavy atom. The molecular formula is C29H32FIN4O4. The topological polar surface area (TPSA) is 85.7 Å². The van der Waals surface area contributed by atoms with Gasteiger partial charge in [0, 0.05) is 25.3 Å². The summed E-state index contributed by atoms with van der Waals surface area (Å²) >= 11 is 2.31. The van der Waals surface area contributed by atoms with E-state index < -0.39 is 17.8 Å². The third-order valence-corrected chi connectivity index (χ3v) is 8.63. The Morgan fingerprint density at radius 3 is 2.82 bits per heavy atom. The minimum atomic E-state index is -0.658. The number of nitrogens with zero attached hydrogens (tertiary/aromatic N) is 3. The second-order valence-electron chi connectivity index (χ2n) is 9.76. The molecule has 39 heavy (non-hydrogen) atoms. The van der Waals surface area contributed by atoms with E-state index >= 15 is 0 Å². The Morgan fingerprint density at radius 2 is 2.05 bits per heavy atom. The SMILES string of the molecule is CCOC(=O)C[C@@H](c1ccc(OC)c(F)c1)N1CCn2c(cc(CCc3ccc4c(n3)NCCC4)c2I)C1=O. The van der Waals surface area contributed by atoms with Crippen LogP contribution in [0, 0.1) is 9.52 Å². The maximum atomic E-state index is 14.6. The molecule has 206 valence electrons. The van der Waals surface area contributed by atoms with Crippen LogP contribution in [0.3, 0.4) is 0 Å². The normalized spacial score (nSPS) is 15.3. The van der Waals surface area contributed by atoms with Crippen LogP contribution in [0.25, 0.3) is 0 Å². The molecule has 0 bridgehead atoms. The lowest BCUT2D eigenvalue weighted by molar-refractivity contribution is -0.144. The summed E-state index contributed by atoms with van der Waals surface area (Å²) in [4.78, 5) is 32.8. The predicted molar refractivity (Wildman–Crippen MR) is 154 cm³/mol. The van der Waals surface area contributed by atoms with Crippen molar-refractivity contribution in [3.8, 4) is 5.75 Å². The molecule has 0 saturated heterocycles. The highest BCUT2D eigenvalue weighted by Crippen LogP contribution is 2.33. The summed E-state index contributed by atoms with van der Waals surface area (Å²) in [6, 6.07) is 10.1. The minimum Gasteiger partial charge on any atom is -0.494 e. The molecule has 2 aliphatic heterocycles. The summed E-state index contributed by atoms with van der Waals surface area (Å²) in [5.74, 6) is -0.0738. The average molecular weight is 647 g/mol. The molecule has 0 radical (unpaired) electrons. The summed E-state index contributed by atoms with van der Waals surface area (Å²) in [5.41, 5.74) is 4.47. The molecule has 0 fully saturated rings. The number of aromatic nitrogens is 2. The monoisotopic (exact) mass is 646 g/mol. The van der Waals surface area contributed by atoms with Gasteiger partial charge >= 0.3 is 5.97 Å². The van der Waals surface area contributed by atoms with E-state index in [1.165, 1.54) is 24.8 Å². The number of hydrogen-bond donors (Lipinski definition) is 1. The largest absolute Gasteiger partial charge is 0.494 e. The van der Waals surface area contributed by atoms with Gasteiger partial charge in [0.2, 0.25) is 0 Å². The summed E-state index contributed by atoms with van der Waals surface area (Å²) < 4.78 is 27.9. The second kappa shape index (κ2) is 11.9. The minimum absolute atomic E-state index is 0.0615. The van der Waals surface area contributed by atoms with Crippen LogP contribution in [0.2, 0.25) is 0 Å². The number of amides is 1. The fraction of sp³-hybridized carbons (Fsp3) is 0.414. The van der Waals surface area contributed by atoms with Crippen molar-refractivity contribution in [1.29, 1.82) is 0 Å². The van der Waals surface area contributed by atoms with Gasteiger partial charge in [0.05, 0.1) is 29.9 Å². The van der Waals surface area contributed by atoms with E-state index in [0.29, 0.717) is 24.3 Å².